The van der Waals surface area contributed by atoms with E-state index in [1.54, 1.807) is 11.1 Å². The van der Waals surface area contributed by atoms with Gasteiger partial charge >= 0.3 is 0 Å². The lowest BCUT2D eigenvalue weighted by Gasteiger charge is -2.01. The van der Waals surface area contributed by atoms with Gasteiger partial charge in [-0.1, -0.05) is 18.1 Å². The first-order valence-corrected chi connectivity index (χ1v) is 3.47. The molecule has 1 fully saturated rings. The fourth-order valence-corrected chi connectivity index (χ4v) is 1.97. The molecule has 44 valence electrons. The van der Waals surface area contributed by atoms with E-state index < -0.39 is 0 Å². The van der Waals surface area contributed by atoms with Gasteiger partial charge in [0, 0.05) is 0 Å². The van der Waals surface area contributed by atoms with Crippen molar-refractivity contribution in [2.75, 3.05) is 0 Å². The van der Waals surface area contributed by atoms with Crippen molar-refractivity contribution in [1.82, 2.24) is 0 Å². The van der Waals surface area contributed by atoms with Gasteiger partial charge < -0.3 is 0 Å². The molecule has 8 heavy (non-hydrogen) atoms. The maximum absolute atomic E-state index is 2.37. The molecule has 0 aliphatic heterocycles. The van der Waals surface area contributed by atoms with Gasteiger partial charge in [-0.3, -0.25) is 0 Å². The van der Waals surface area contributed by atoms with E-state index in [1.807, 2.05) is 0 Å². The van der Waals surface area contributed by atoms with E-state index in [1.165, 1.54) is 12.8 Å². The fraction of sp³-hybridized carbons (Fsp3) is 0.750. The van der Waals surface area contributed by atoms with Crippen molar-refractivity contribution in [1.29, 1.82) is 0 Å². The normalized spacial score (nSPS) is 42.8. The summed E-state index contributed by atoms with van der Waals surface area (Å²) >= 11 is 0. The minimum Gasteiger partial charge on any atom is -0.0735 e. The van der Waals surface area contributed by atoms with Gasteiger partial charge in [0.25, 0.3) is 0 Å². The zero-order valence-corrected chi connectivity index (χ0v) is 5.57. The van der Waals surface area contributed by atoms with E-state index >= 15 is 0 Å². The Morgan fingerprint density at radius 2 is 2.12 bits per heavy atom. The van der Waals surface area contributed by atoms with E-state index in [0.29, 0.717) is 0 Å². The van der Waals surface area contributed by atoms with Crippen molar-refractivity contribution in [3.8, 4) is 0 Å². The van der Waals surface area contributed by atoms with Gasteiger partial charge in [-0.15, -0.1) is 0 Å². The van der Waals surface area contributed by atoms with E-state index in [0.717, 1.165) is 11.8 Å². The summed E-state index contributed by atoms with van der Waals surface area (Å²) < 4.78 is 0. The van der Waals surface area contributed by atoms with Crippen molar-refractivity contribution < 1.29 is 0 Å². The Balaban J connectivity index is 2.27. The first kappa shape index (κ1) is 4.60. The van der Waals surface area contributed by atoms with Crippen LogP contribution in [0.3, 0.4) is 0 Å². The highest BCUT2D eigenvalue weighted by atomic mass is 14.5. The minimum absolute atomic E-state index is 0.991. The molecule has 0 aromatic carbocycles. The standard InChI is InChI=1S/C8H12/c1-5-3-6(2)8-4-7(5)8/h5,7H,3-4H2,1-2H3. The molecule has 0 heterocycles. The molecular formula is C8H12. The Kier molecular flexibility index (Phi) is 0.677. The molecular weight excluding hydrogens is 96.1 g/mol. The van der Waals surface area contributed by atoms with Crippen molar-refractivity contribution >= 4 is 0 Å². The number of allylic oxidation sites excluding steroid dienone is 2. The first-order valence-electron chi connectivity index (χ1n) is 3.47. The van der Waals surface area contributed by atoms with Gasteiger partial charge in [-0.2, -0.15) is 0 Å². The molecule has 0 saturated heterocycles. The highest BCUT2D eigenvalue weighted by Gasteiger charge is 2.41. The molecule has 0 spiro atoms. The zero-order chi connectivity index (χ0) is 5.72. The van der Waals surface area contributed by atoms with E-state index in [4.69, 9.17) is 0 Å². The second-order valence-corrected chi connectivity index (χ2v) is 3.30. The lowest BCUT2D eigenvalue weighted by molar-refractivity contribution is 0.543. The molecule has 2 unspecified atom stereocenters. The second-order valence-electron chi connectivity index (χ2n) is 3.30. The Bertz CT molecular complexity index is 153. The maximum atomic E-state index is 2.37. The molecule has 0 heteroatoms. The summed E-state index contributed by atoms with van der Waals surface area (Å²) in [5.41, 5.74) is 3.49. The summed E-state index contributed by atoms with van der Waals surface area (Å²) in [7, 11) is 0. The molecule has 0 radical (unpaired) electrons. The smallest absolute Gasteiger partial charge is 0.0134 e. The number of hydrogen-bond acceptors (Lipinski definition) is 0. The van der Waals surface area contributed by atoms with Gasteiger partial charge in [-0.25, -0.2) is 0 Å². The molecule has 1 saturated carbocycles. The fourth-order valence-electron chi connectivity index (χ4n) is 1.97. The third kappa shape index (κ3) is 0.410. The predicted molar refractivity (Wildman–Crippen MR) is 34.6 cm³/mol. The van der Waals surface area contributed by atoms with Crippen LogP contribution in [0.25, 0.3) is 0 Å². The predicted octanol–water partition coefficient (Wildman–Crippen LogP) is 2.36. The summed E-state index contributed by atoms with van der Waals surface area (Å²) in [4.78, 5) is 0. The quantitative estimate of drug-likeness (QED) is 0.418. The van der Waals surface area contributed by atoms with Crippen LogP contribution in [0.1, 0.15) is 26.7 Å². The number of rotatable bonds is 0. The zero-order valence-electron chi connectivity index (χ0n) is 5.57. The Labute approximate surface area is 50.6 Å². The van der Waals surface area contributed by atoms with Crippen molar-refractivity contribution in [3.05, 3.63) is 11.1 Å². The summed E-state index contributed by atoms with van der Waals surface area (Å²) in [6.07, 6.45) is 2.83. The average Bonchev–Trinajstić information content (AvgIpc) is 2.35. The van der Waals surface area contributed by atoms with Crippen LogP contribution in [-0.4, -0.2) is 0 Å². The van der Waals surface area contributed by atoms with Crippen LogP contribution in [0.5, 0.6) is 0 Å². The number of fused-ring (bicyclic) bond motifs is 1. The number of hydrogen-bond donors (Lipinski definition) is 0. The molecule has 0 N–H and O–H groups in total. The third-order valence-electron chi connectivity index (χ3n) is 2.59. The van der Waals surface area contributed by atoms with Crippen LogP contribution in [0, 0.1) is 11.8 Å². The largest absolute Gasteiger partial charge is 0.0735 e. The van der Waals surface area contributed by atoms with Gasteiger partial charge in [0.05, 0.1) is 0 Å². The van der Waals surface area contributed by atoms with Crippen LogP contribution in [-0.2, 0) is 0 Å². The second kappa shape index (κ2) is 1.18. The van der Waals surface area contributed by atoms with Gasteiger partial charge in [-0.05, 0) is 31.6 Å². The lowest BCUT2D eigenvalue weighted by Crippen LogP contribution is -1.90. The van der Waals surface area contributed by atoms with Crippen molar-refractivity contribution in [2.24, 2.45) is 11.8 Å². The summed E-state index contributed by atoms with van der Waals surface area (Å²) in [5, 5.41) is 0. The van der Waals surface area contributed by atoms with E-state index in [9.17, 15) is 0 Å². The van der Waals surface area contributed by atoms with E-state index in [2.05, 4.69) is 13.8 Å². The van der Waals surface area contributed by atoms with Crippen molar-refractivity contribution in [3.63, 3.8) is 0 Å². The highest BCUT2D eigenvalue weighted by Crippen LogP contribution is 2.53. The SMILES string of the molecule is CC1=C2CC2C(C)C1. The molecule has 2 rings (SSSR count). The maximum Gasteiger partial charge on any atom is -0.0134 e. The molecule has 0 bridgehead atoms. The van der Waals surface area contributed by atoms with Crippen LogP contribution in [0.4, 0.5) is 0 Å². The molecule has 0 aromatic rings. The Hall–Kier alpha value is -0.260. The van der Waals surface area contributed by atoms with Crippen molar-refractivity contribution in [2.45, 2.75) is 26.7 Å². The first-order chi connectivity index (χ1) is 3.79. The topological polar surface area (TPSA) is 0 Å². The minimum atomic E-state index is 0.991. The summed E-state index contributed by atoms with van der Waals surface area (Å²) in [6.45, 7) is 4.66. The van der Waals surface area contributed by atoms with Gasteiger partial charge in [0.15, 0.2) is 0 Å². The molecule has 0 nitrogen and oxygen atoms in total. The van der Waals surface area contributed by atoms with Crippen LogP contribution < -0.4 is 0 Å². The van der Waals surface area contributed by atoms with Crippen LogP contribution in [0.15, 0.2) is 11.1 Å². The molecule has 0 aromatic heterocycles. The average molecular weight is 108 g/mol. The van der Waals surface area contributed by atoms with Gasteiger partial charge in [0.1, 0.15) is 0 Å². The monoisotopic (exact) mass is 108 g/mol. The molecule has 2 atom stereocenters. The summed E-state index contributed by atoms with van der Waals surface area (Å²) in [6, 6.07) is 0. The Morgan fingerprint density at radius 3 is 2.25 bits per heavy atom. The van der Waals surface area contributed by atoms with Crippen LogP contribution in [0.2, 0.25) is 0 Å². The third-order valence-corrected chi connectivity index (χ3v) is 2.59. The Morgan fingerprint density at radius 1 is 1.38 bits per heavy atom. The van der Waals surface area contributed by atoms with E-state index in [-0.39, 0.29) is 0 Å². The van der Waals surface area contributed by atoms with Gasteiger partial charge in [0.2, 0.25) is 0 Å². The molecule has 2 aliphatic carbocycles. The lowest BCUT2D eigenvalue weighted by atomic mass is 10.0. The van der Waals surface area contributed by atoms with Crippen LogP contribution >= 0.6 is 0 Å². The highest BCUT2D eigenvalue weighted by molar-refractivity contribution is 5.35. The summed E-state index contributed by atoms with van der Waals surface area (Å²) in [5.74, 6) is 2.03. The molecule has 0 amide bonds. The molecule has 2 aliphatic rings.